The van der Waals surface area contributed by atoms with Gasteiger partial charge in [-0.2, -0.15) is 0 Å². The Kier molecular flexibility index (Phi) is 3.22. The minimum absolute atomic E-state index is 0.273. The molecule has 0 bridgehead atoms. The summed E-state index contributed by atoms with van der Waals surface area (Å²) in [6.07, 6.45) is 0. The molecule has 5 heteroatoms. The van der Waals surface area contributed by atoms with Crippen molar-refractivity contribution in [2.45, 2.75) is 6.92 Å². The first kappa shape index (κ1) is 8.42. The molecule has 0 spiro atoms. The van der Waals surface area contributed by atoms with E-state index in [0.29, 0.717) is 0 Å². The number of carboxylic acids is 1. The third kappa shape index (κ3) is 3.96. The molecule has 0 saturated carbocycles. The maximum absolute atomic E-state index is 9.97. The summed E-state index contributed by atoms with van der Waals surface area (Å²) in [7, 11) is -2.55. The smallest absolute Gasteiger partial charge is 0.307 e. The highest BCUT2D eigenvalue weighted by Crippen LogP contribution is 1.92. The van der Waals surface area contributed by atoms with Gasteiger partial charge in [0.05, 0.1) is 11.7 Å². The van der Waals surface area contributed by atoms with Crippen LogP contribution in [0, 0.1) is 5.92 Å². The summed E-state index contributed by atoms with van der Waals surface area (Å²) >= 11 is 0. The molecule has 0 heterocycles. The summed E-state index contributed by atoms with van der Waals surface area (Å²) in [5.74, 6) is -2.13. The molecule has 0 aromatic heterocycles. The number of aliphatic carboxylic acids is 1. The van der Waals surface area contributed by atoms with Crippen molar-refractivity contribution < 1.29 is 18.3 Å². The van der Waals surface area contributed by atoms with E-state index in [9.17, 15) is 13.2 Å². The molecule has 0 aromatic rings. The van der Waals surface area contributed by atoms with Gasteiger partial charge in [-0.1, -0.05) is 6.92 Å². The molecule has 0 radical (unpaired) electrons. The fraction of sp³-hybridized carbons (Fsp3) is 0.750. The molecule has 0 rings (SSSR count). The fourth-order valence-electron chi connectivity index (χ4n) is 0.302. The van der Waals surface area contributed by atoms with Crippen LogP contribution in [0.25, 0.3) is 0 Å². The average Bonchev–Trinajstić information content (AvgIpc) is 1.63. The zero-order chi connectivity index (χ0) is 7.44. The molecule has 1 N–H and O–H groups in total. The maximum atomic E-state index is 9.97. The Labute approximate surface area is 54.4 Å². The zero-order valence-corrected chi connectivity index (χ0v) is 5.80. The molecular formula is C4H8O4S. The second-order valence-corrected chi connectivity index (χ2v) is 2.79. The van der Waals surface area contributed by atoms with Gasteiger partial charge in [0.25, 0.3) is 0 Å². The zero-order valence-electron chi connectivity index (χ0n) is 4.90. The van der Waals surface area contributed by atoms with Gasteiger partial charge < -0.3 is 5.11 Å². The summed E-state index contributed by atoms with van der Waals surface area (Å²) in [5.41, 5.74) is 0. The topological polar surface area (TPSA) is 71.4 Å². The Hall–Kier alpha value is -0.580. The first-order valence-electron chi connectivity index (χ1n) is 2.38. The van der Waals surface area contributed by atoms with Gasteiger partial charge in [-0.15, -0.1) is 0 Å². The molecule has 0 aliphatic heterocycles. The molecule has 54 valence electrons. The number of carboxylic acid groups (broad SMARTS) is 1. The molecule has 0 amide bonds. The predicted octanol–water partition coefficient (Wildman–Crippen LogP) is -0.681. The number of rotatable bonds is 3. The average molecular weight is 152 g/mol. The second kappa shape index (κ2) is 3.45. The molecule has 0 aliphatic carbocycles. The fourth-order valence-corrected chi connectivity index (χ4v) is 0.905. The SMILES string of the molecule is CC(C[SH](=O)=O)C(=O)O. The van der Waals surface area contributed by atoms with E-state index in [0.717, 1.165) is 0 Å². The van der Waals surface area contributed by atoms with Gasteiger partial charge >= 0.3 is 5.97 Å². The number of carbonyl (C=O) groups is 1. The molecule has 0 aromatic carbocycles. The van der Waals surface area contributed by atoms with Gasteiger partial charge in [0.15, 0.2) is 0 Å². The van der Waals surface area contributed by atoms with E-state index in [4.69, 9.17) is 5.11 Å². The maximum Gasteiger partial charge on any atom is 0.307 e. The van der Waals surface area contributed by atoms with Crippen LogP contribution in [0.3, 0.4) is 0 Å². The van der Waals surface area contributed by atoms with Gasteiger partial charge in [0.1, 0.15) is 10.7 Å². The summed E-state index contributed by atoms with van der Waals surface area (Å²) in [6.45, 7) is 1.35. The van der Waals surface area contributed by atoms with E-state index in [-0.39, 0.29) is 5.75 Å². The highest BCUT2D eigenvalue weighted by atomic mass is 32.2. The first-order valence-corrected chi connectivity index (χ1v) is 3.75. The summed E-state index contributed by atoms with van der Waals surface area (Å²) in [6, 6.07) is 0. The van der Waals surface area contributed by atoms with Crippen molar-refractivity contribution >= 4 is 16.7 Å². The van der Waals surface area contributed by atoms with Crippen LogP contribution in [0.4, 0.5) is 0 Å². The van der Waals surface area contributed by atoms with E-state index in [1.165, 1.54) is 6.92 Å². The third-order valence-electron chi connectivity index (χ3n) is 0.845. The lowest BCUT2D eigenvalue weighted by molar-refractivity contribution is -0.140. The van der Waals surface area contributed by atoms with Gasteiger partial charge in [-0.25, -0.2) is 8.42 Å². The lowest BCUT2D eigenvalue weighted by Crippen LogP contribution is -2.14. The Morgan fingerprint density at radius 2 is 2.11 bits per heavy atom. The standard InChI is InChI=1S/C4H8O4S/c1-3(4(5)6)2-9(7)8/h3,9H,2H2,1H3,(H,5,6). The van der Waals surface area contributed by atoms with Crippen LogP contribution in [-0.4, -0.2) is 25.2 Å². The van der Waals surface area contributed by atoms with Crippen LogP contribution in [0.2, 0.25) is 0 Å². The predicted molar refractivity (Wildman–Crippen MR) is 32.0 cm³/mol. The van der Waals surface area contributed by atoms with Crippen LogP contribution in [-0.2, 0) is 15.5 Å². The third-order valence-corrected chi connectivity index (χ3v) is 1.69. The molecule has 0 aliphatic rings. The molecular weight excluding hydrogens is 144 g/mol. The first-order chi connectivity index (χ1) is 4.04. The molecule has 1 atom stereocenters. The van der Waals surface area contributed by atoms with Crippen molar-refractivity contribution in [2.75, 3.05) is 5.75 Å². The van der Waals surface area contributed by atoms with E-state index in [2.05, 4.69) is 0 Å². The summed E-state index contributed by atoms with van der Waals surface area (Å²) in [5, 5.41) is 8.16. The van der Waals surface area contributed by atoms with E-state index < -0.39 is 22.6 Å². The van der Waals surface area contributed by atoms with Gasteiger partial charge in [-0.05, 0) is 0 Å². The van der Waals surface area contributed by atoms with Gasteiger partial charge in [0.2, 0.25) is 0 Å². The molecule has 4 nitrogen and oxygen atoms in total. The van der Waals surface area contributed by atoms with Crippen LogP contribution < -0.4 is 0 Å². The van der Waals surface area contributed by atoms with Gasteiger partial charge in [0, 0.05) is 0 Å². The largest absolute Gasteiger partial charge is 0.481 e. The van der Waals surface area contributed by atoms with Crippen molar-refractivity contribution in [1.82, 2.24) is 0 Å². The van der Waals surface area contributed by atoms with Crippen molar-refractivity contribution in [3.8, 4) is 0 Å². The lowest BCUT2D eigenvalue weighted by atomic mass is 10.2. The quantitative estimate of drug-likeness (QED) is 0.525. The Balaban J connectivity index is 3.77. The van der Waals surface area contributed by atoms with Crippen LogP contribution in [0.5, 0.6) is 0 Å². The van der Waals surface area contributed by atoms with Crippen molar-refractivity contribution in [1.29, 1.82) is 0 Å². The summed E-state index contributed by atoms with van der Waals surface area (Å²) < 4.78 is 19.8. The second-order valence-electron chi connectivity index (χ2n) is 1.75. The van der Waals surface area contributed by atoms with E-state index in [1.54, 1.807) is 0 Å². The number of thiol groups is 1. The van der Waals surface area contributed by atoms with Crippen molar-refractivity contribution in [3.05, 3.63) is 0 Å². The molecule has 1 unspecified atom stereocenters. The highest BCUT2D eigenvalue weighted by Gasteiger charge is 2.10. The Bertz CT molecular complexity index is 163. The van der Waals surface area contributed by atoms with Crippen molar-refractivity contribution in [3.63, 3.8) is 0 Å². The van der Waals surface area contributed by atoms with Crippen LogP contribution >= 0.6 is 0 Å². The Morgan fingerprint density at radius 1 is 1.67 bits per heavy atom. The minimum Gasteiger partial charge on any atom is -0.481 e. The Morgan fingerprint density at radius 3 is 2.22 bits per heavy atom. The number of hydrogen-bond acceptors (Lipinski definition) is 3. The number of hydrogen-bond donors (Lipinski definition) is 2. The lowest BCUT2D eigenvalue weighted by Gasteiger charge is -1.96. The van der Waals surface area contributed by atoms with E-state index in [1.807, 2.05) is 0 Å². The highest BCUT2D eigenvalue weighted by molar-refractivity contribution is 7.72. The molecule has 0 saturated heterocycles. The van der Waals surface area contributed by atoms with E-state index >= 15 is 0 Å². The van der Waals surface area contributed by atoms with Gasteiger partial charge in [-0.3, -0.25) is 4.79 Å². The van der Waals surface area contributed by atoms with Crippen LogP contribution in [0.15, 0.2) is 0 Å². The monoisotopic (exact) mass is 152 g/mol. The molecule has 0 fully saturated rings. The molecule has 9 heavy (non-hydrogen) atoms. The normalized spacial score (nSPS) is 13.6. The summed E-state index contributed by atoms with van der Waals surface area (Å²) in [4.78, 5) is 9.97. The van der Waals surface area contributed by atoms with Crippen molar-refractivity contribution in [2.24, 2.45) is 5.92 Å². The van der Waals surface area contributed by atoms with Crippen LogP contribution in [0.1, 0.15) is 6.92 Å². The minimum atomic E-state index is -2.55.